The Balaban J connectivity index is 2.13. The molecule has 0 saturated carbocycles. The van der Waals surface area contributed by atoms with Crippen LogP contribution in [-0.2, 0) is 6.54 Å². The normalized spacial score (nSPS) is 14.2. The van der Waals surface area contributed by atoms with Crippen LogP contribution in [0.4, 0.5) is 0 Å². The van der Waals surface area contributed by atoms with E-state index >= 15 is 0 Å². The molecule has 0 aliphatic carbocycles. The molecule has 1 aliphatic heterocycles. The van der Waals surface area contributed by atoms with E-state index in [9.17, 15) is 0 Å². The lowest BCUT2D eigenvalue weighted by Crippen LogP contribution is -2.15. The molecule has 0 unspecified atom stereocenters. The van der Waals surface area contributed by atoms with Gasteiger partial charge in [-0.3, -0.25) is 0 Å². The van der Waals surface area contributed by atoms with Gasteiger partial charge in [-0.2, -0.15) is 0 Å². The second-order valence-electron chi connectivity index (χ2n) is 5.37. The van der Waals surface area contributed by atoms with Crippen molar-refractivity contribution in [3.05, 3.63) is 22.6 Å². The lowest BCUT2D eigenvalue weighted by Gasteiger charge is -2.18. The van der Waals surface area contributed by atoms with Crippen molar-refractivity contribution in [1.29, 1.82) is 0 Å². The minimum absolute atomic E-state index is 0.514. The van der Waals surface area contributed by atoms with Crippen LogP contribution in [0.1, 0.15) is 37.1 Å². The highest BCUT2D eigenvalue weighted by Crippen LogP contribution is 2.42. The predicted molar refractivity (Wildman–Crippen MR) is 84.3 cm³/mol. The van der Waals surface area contributed by atoms with Crippen LogP contribution < -0.4 is 14.8 Å². The van der Waals surface area contributed by atoms with Crippen LogP contribution in [0.25, 0.3) is 10.1 Å². The average molecular weight is 291 g/mol. The summed E-state index contributed by atoms with van der Waals surface area (Å²) in [5.74, 6) is 2.29. The maximum atomic E-state index is 5.72. The van der Waals surface area contributed by atoms with Gasteiger partial charge in [0.2, 0.25) is 0 Å². The van der Waals surface area contributed by atoms with Crippen molar-refractivity contribution < 1.29 is 9.47 Å². The molecule has 0 amide bonds. The summed E-state index contributed by atoms with van der Waals surface area (Å²) in [6.07, 6.45) is 0. The number of benzene rings is 1. The molecule has 20 heavy (non-hydrogen) atoms. The molecule has 2 aromatic rings. The van der Waals surface area contributed by atoms with Gasteiger partial charge in [0.15, 0.2) is 11.5 Å². The molecule has 4 heteroatoms. The molecule has 1 N–H and O–H groups in total. The Bertz CT molecular complexity index is 618. The molecule has 0 bridgehead atoms. The Morgan fingerprint density at radius 2 is 1.90 bits per heavy atom. The summed E-state index contributed by atoms with van der Waals surface area (Å²) in [5, 5.41) is 4.76. The molecule has 1 aromatic carbocycles. The van der Waals surface area contributed by atoms with Gasteiger partial charge >= 0.3 is 0 Å². The fraction of sp³-hybridized carbons (Fsp3) is 0.500. The van der Waals surface area contributed by atoms with E-state index in [1.807, 2.05) is 11.3 Å². The standard InChI is InChI=1S/C16H21NO2S/c1-4-17-9-15-16(10(2)3)11-7-12-13(8-14(11)20-15)19-6-5-18-12/h7-8,10,17H,4-6,9H2,1-3H3. The van der Waals surface area contributed by atoms with Gasteiger partial charge in [-0.1, -0.05) is 20.8 Å². The van der Waals surface area contributed by atoms with E-state index in [0.717, 1.165) is 24.6 Å². The zero-order valence-electron chi connectivity index (χ0n) is 12.3. The van der Waals surface area contributed by atoms with Gasteiger partial charge in [0.25, 0.3) is 0 Å². The second kappa shape index (κ2) is 5.62. The van der Waals surface area contributed by atoms with Gasteiger partial charge in [0.05, 0.1) is 0 Å². The minimum atomic E-state index is 0.514. The molecule has 0 saturated heterocycles. The van der Waals surface area contributed by atoms with Crippen molar-refractivity contribution in [1.82, 2.24) is 5.32 Å². The first-order valence-corrected chi connectivity index (χ1v) is 8.08. The number of thiophene rings is 1. The largest absolute Gasteiger partial charge is 0.486 e. The number of hydrogen-bond acceptors (Lipinski definition) is 4. The molecule has 2 heterocycles. The first-order valence-electron chi connectivity index (χ1n) is 7.26. The summed E-state index contributed by atoms with van der Waals surface area (Å²) < 4.78 is 12.7. The summed E-state index contributed by atoms with van der Waals surface area (Å²) in [6.45, 7) is 9.88. The molecule has 3 nitrogen and oxygen atoms in total. The summed E-state index contributed by atoms with van der Waals surface area (Å²) >= 11 is 1.87. The average Bonchev–Trinajstić information content (AvgIpc) is 2.79. The minimum Gasteiger partial charge on any atom is -0.486 e. The van der Waals surface area contributed by atoms with E-state index < -0.39 is 0 Å². The molecule has 108 valence electrons. The van der Waals surface area contributed by atoms with Crippen molar-refractivity contribution >= 4 is 21.4 Å². The Morgan fingerprint density at radius 1 is 1.20 bits per heavy atom. The van der Waals surface area contributed by atoms with E-state index in [1.165, 1.54) is 20.5 Å². The van der Waals surface area contributed by atoms with Gasteiger partial charge in [-0.25, -0.2) is 0 Å². The number of fused-ring (bicyclic) bond motifs is 2. The van der Waals surface area contributed by atoms with Gasteiger partial charge in [-0.15, -0.1) is 11.3 Å². The monoisotopic (exact) mass is 291 g/mol. The fourth-order valence-electron chi connectivity index (χ4n) is 2.71. The second-order valence-corrected chi connectivity index (χ2v) is 6.50. The van der Waals surface area contributed by atoms with Crippen LogP contribution in [0.15, 0.2) is 12.1 Å². The Kier molecular flexibility index (Phi) is 3.85. The molecule has 1 aliphatic rings. The SMILES string of the molecule is CCNCc1sc2cc3c(cc2c1C(C)C)OCCO3. The van der Waals surface area contributed by atoms with Crippen LogP contribution in [0.3, 0.4) is 0 Å². The molecule has 1 aromatic heterocycles. The van der Waals surface area contributed by atoms with Crippen LogP contribution >= 0.6 is 11.3 Å². The van der Waals surface area contributed by atoms with E-state index in [4.69, 9.17) is 9.47 Å². The first-order chi connectivity index (χ1) is 9.70. The highest BCUT2D eigenvalue weighted by molar-refractivity contribution is 7.19. The predicted octanol–water partition coefficient (Wildman–Crippen LogP) is 3.91. The molecular weight excluding hydrogens is 270 g/mol. The van der Waals surface area contributed by atoms with Crippen LogP contribution in [-0.4, -0.2) is 19.8 Å². The van der Waals surface area contributed by atoms with Crippen molar-refractivity contribution in [2.24, 2.45) is 0 Å². The van der Waals surface area contributed by atoms with Crippen molar-refractivity contribution in [2.45, 2.75) is 33.2 Å². The van der Waals surface area contributed by atoms with E-state index in [0.29, 0.717) is 19.1 Å². The molecular formula is C16H21NO2S. The number of nitrogens with one attached hydrogen (secondary N) is 1. The van der Waals surface area contributed by atoms with Gasteiger partial charge in [-0.05, 0) is 24.1 Å². The zero-order valence-corrected chi connectivity index (χ0v) is 13.1. The summed E-state index contributed by atoms with van der Waals surface area (Å²) in [5.41, 5.74) is 1.45. The smallest absolute Gasteiger partial charge is 0.162 e. The Labute approximate surface area is 123 Å². The Morgan fingerprint density at radius 3 is 2.55 bits per heavy atom. The maximum absolute atomic E-state index is 5.72. The summed E-state index contributed by atoms with van der Waals surface area (Å²) in [7, 11) is 0. The van der Waals surface area contributed by atoms with Crippen LogP contribution in [0.2, 0.25) is 0 Å². The highest BCUT2D eigenvalue weighted by atomic mass is 32.1. The lowest BCUT2D eigenvalue weighted by atomic mass is 9.99. The van der Waals surface area contributed by atoms with E-state index in [1.54, 1.807) is 0 Å². The summed E-state index contributed by atoms with van der Waals surface area (Å²) in [6, 6.07) is 4.29. The quantitative estimate of drug-likeness (QED) is 0.926. The molecule has 3 rings (SSSR count). The van der Waals surface area contributed by atoms with Gasteiger partial charge in [0, 0.05) is 27.6 Å². The van der Waals surface area contributed by atoms with Gasteiger partial charge in [0.1, 0.15) is 13.2 Å². The number of hydrogen-bond donors (Lipinski definition) is 1. The van der Waals surface area contributed by atoms with Crippen molar-refractivity contribution in [3.8, 4) is 11.5 Å². The molecule has 0 fully saturated rings. The Hall–Kier alpha value is -1.26. The molecule has 0 atom stereocenters. The molecule has 0 radical (unpaired) electrons. The third kappa shape index (κ3) is 2.38. The van der Waals surface area contributed by atoms with Crippen molar-refractivity contribution in [3.63, 3.8) is 0 Å². The molecule has 0 spiro atoms. The third-order valence-corrected chi connectivity index (χ3v) is 4.75. The maximum Gasteiger partial charge on any atom is 0.162 e. The topological polar surface area (TPSA) is 30.5 Å². The van der Waals surface area contributed by atoms with Gasteiger partial charge < -0.3 is 14.8 Å². The summed E-state index contributed by atoms with van der Waals surface area (Å²) in [4.78, 5) is 1.43. The van der Waals surface area contributed by atoms with E-state index in [-0.39, 0.29) is 0 Å². The first kappa shape index (κ1) is 13.7. The third-order valence-electron chi connectivity index (χ3n) is 3.58. The van der Waals surface area contributed by atoms with Crippen LogP contribution in [0.5, 0.6) is 11.5 Å². The van der Waals surface area contributed by atoms with Crippen molar-refractivity contribution in [2.75, 3.05) is 19.8 Å². The fourth-order valence-corrected chi connectivity index (χ4v) is 4.05. The lowest BCUT2D eigenvalue weighted by molar-refractivity contribution is 0.172. The van der Waals surface area contributed by atoms with E-state index in [2.05, 4.69) is 38.2 Å². The number of rotatable bonds is 4. The number of ether oxygens (including phenoxy) is 2. The highest BCUT2D eigenvalue weighted by Gasteiger charge is 2.19. The van der Waals surface area contributed by atoms with Crippen LogP contribution in [0, 0.1) is 0 Å². The zero-order chi connectivity index (χ0) is 14.1.